The van der Waals surface area contributed by atoms with Crippen LogP contribution in [0.15, 0.2) is 164 Å². The number of aromatic nitrogens is 1. The van der Waals surface area contributed by atoms with Gasteiger partial charge in [-0.25, -0.2) is 0 Å². The van der Waals surface area contributed by atoms with E-state index < -0.39 is 7.26 Å². The quantitative estimate of drug-likeness (QED) is 0.265. The van der Waals surface area contributed by atoms with Gasteiger partial charge in [0.15, 0.2) is 0 Å². The van der Waals surface area contributed by atoms with Crippen LogP contribution in [0.25, 0.3) is 27.5 Å². The van der Waals surface area contributed by atoms with Crippen molar-refractivity contribution in [1.82, 2.24) is 4.57 Å². The van der Waals surface area contributed by atoms with Gasteiger partial charge in [0, 0.05) is 16.5 Å². The molecular formula is C36H27BrNP. The SMILES string of the molecule is [Br-].c1ccc(-n2c3ccccc3c3cc([P+](c4ccccc4)(c4ccccc4)c4ccccc4)ccc32)cc1. The lowest BCUT2D eigenvalue weighted by molar-refractivity contribution is -0.00000713. The number of hydrogen-bond donors (Lipinski definition) is 0. The van der Waals surface area contributed by atoms with Gasteiger partial charge in [-0.1, -0.05) is 91.0 Å². The summed E-state index contributed by atoms with van der Waals surface area (Å²) in [6.07, 6.45) is 0. The molecule has 7 rings (SSSR count). The third-order valence-corrected chi connectivity index (χ3v) is 11.8. The third kappa shape index (κ3) is 4.12. The Bertz CT molecular complexity index is 1750. The average Bonchev–Trinajstić information content (AvgIpc) is 3.34. The van der Waals surface area contributed by atoms with E-state index in [4.69, 9.17) is 0 Å². The van der Waals surface area contributed by atoms with E-state index in [1.807, 2.05) is 0 Å². The summed E-state index contributed by atoms with van der Waals surface area (Å²) >= 11 is 0. The summed E-state index contributed by atoms with van der Waals surface area (Å²) in [6.45, 7) is 0. The topological polar surface area (TPSA) is 4.93 Å². The molecule has 7 aromatic rings. The van der Waals surface area contributed by atoms with E-state index in [-0.39, 0.29) is 17.0 Å². The zero-order chi connectivity index (χ0) is 25.4. The predicted octanol–water partition coefficient (Wildman–Crippen LogP) is 4.41. The maximum Gasteiger partial charge on any atom is 0.144 e. The normalized spacial score (nSPS) is 11.4. The van der Waals surface area contributed by atoms with Crippen LogP contribution in [0, 0.1) is 0 Å². The smallest absolute Gasteiger partial charge is 0.144 e. The summed E-state index contributed by atoms with van der Waals surface area (Å²) in [6, 6.07) is 59.9. The van der Waals surface area contributed by atoms with Crippen LogP contribution >= 0.6 is 7.26 Å². The van der Waals surface area contributed by atoms with Gasteiger partial charge >= 0.3 is 0 Å². The van der Waals surface area contributed by atoms with Crippen LogP contribution in [0.3, 0.4) is 0 Å². The zero-order valence-corrected chi connectivity index (χ0v) is 23.8. The standard InChI is InChI=1S/C36H27NP.BrH/c1-5-15-28(16-6-1)37-35-24-14-13-23-33(35)34-27-32(25-26-36(34)37)38(29-17-7-2-8-18-29,30-19-9-3-10-20-30)31-21-11-4-12-22-31;/h1-27H;1H/q+1;/p-1. The summed E-state index contributed by atoms with van der Waals surface area (Å²) in [5, 5.41) is 8.02. The second kappa shape index (κ2) is 10.7. The van der Waals surface area contributed by atoms with Gasteiger partial charge < -0.3 is 21.5 Å². The lowest BCUT2D eigenvalue weighted by atomic mass is 10.1. The Morgan fingerprint density at radius 1 is 0.359 bits per heavy atom. The van der Waals surface area contributed by atoms with Crippen molar-refractivity contribution in [3.8, 4) is 5.69 Å². The van der Waals surface area contributed by atoms with Gasteiger partial charge in [0.05, 0.1) is 11.0 Å². The lowest BCUT2D eigenvalue weighted by Crippen LogP contribution is -3.00. The molecular weight excluding hydrogens is 557 g/mol. The Balaban J connectivity index is 0.00000277. The van der Waals surface area contributed by atoms with E-state index in [0.29, 0.717) is 0 Å². The Morgan fingerprint density at radius 3 is 1.33 bits per heavy atom. The highest BCUT2D eigenvalue weighted by molar-refractivity contribution is 8.01. The number of fused-ring (bicyclic) bond motifs is 3. The molecule has 188 valence electrons. The zero-order valence-electron chi connectivity index (χ0n) is 21.4. The number of benzene rings is 6. The van der Waals surface area contributed by atoms with Crippen LogP contribution < -0.4 is 38.2 Å². The average molecular weight is 584 g/mol. The molecule has 0 unspecified atom stereocenters. The summed E-state index contributed by atoms with van der Waals surface area (Å²) in [4.78, 5) is 0. The lowest BCUT2D eigenvalue weighted by Gasteiger charge is -2.27. The van der Waals surface area contributed by atoms with Crippen LogP contribution in [0.4, 0.5) is 0 Å². The van der Waals surface area contributed by atoms with E-state index in [1.165, 1.54) is 48.7 Å². The number of hydrogen-bond acceptors (Lipinski definition) is 0. The molecule has 6 aromatic carbocycles. The first kappa shape index (κ1) is 25.3. The van der Waals surface area contributed by atoms with Crippen molar-refractivity contribution in [3.63, 3.8) is 0 Å². The second-order valence-electron chi connectivity index (χ2n) is 9.57. The van der Waals surface area contributed by atoms with Crippen LogP contribution in [0.1, 0.15) is 0 Å². The fourth-order valence-electron chi connectivity index (χ4n) is 5.87. The first-order valence-electron chi connectivity index (χ1n) is 13.0. The molecule has 3 heteroatoms. The van der Waals surface area contributed by atoms with Crippen LogP contribution in [0.5, 0.6) is 0 Å². The Morgan fingerprint density at radius 2 is 0.795 bits per heavy atom. The van der Waals surface area contributed by atoms with Crippen molar-refractivity contribution >= 4 is 50.3 Å². The molecule has 0 amide bonds. The second-order valence-corrected chi connectivity index (χ2v) is 13.0. The van der Waals surface area contributed by atoms with E-state index in [0.717, 1.165) is 0 Å². The van der Waals surface area contributed by atoms with E-state index >= 15 is 0 Å². The molecule has 1 nitrogen and oxygen atoms in total. The van der Waals surface area contributed by atoms with Crippen LogP contribution in [-0.2, 0) is 0 Å². The molecule has 0 aliphatic carbocycles. The number of para-hydroxylation sites is 2. The minimum absolute atomic E-state index is 0. The summed E-state index contributed by atoms with van der Waals surface area (Å²) in [7, 11) is -2.16. The molecule has 39 heavy (non-hydrogen) atoms. The first-order chi connectivity index (χ1) is 18.9. The molecule has 0 spiro atoms. The molecule has 0 atom stereocenters. The molecule has 0 aliphatic heterocycles. The molecule has 1 aromatic heterocycles. The van der Waals surface area contributed by atoms with Gasteiger partial charge in [-0.05, 0) is 72.8 Å². The maximum atomic E-state index is 2.47. The third-order valence-electron chi connectivity index (χ3n) is 7.49. The van der Waals surface area contributed by atoms with Crippen molar-refractivity contribution < 1.29 is 17.0 Å². The highest BCUT2D eigenvalue weighted by atomic mass is 79.9. The molecule has 0 N–H and O–H groups in total. The van der Waals surface area contributed by atoms with Crippen molar-refractivity contribution in [1.29, 1.82) is 0 Å². The first-order valence-corrected chi connectivity index (χ1v) is 14.8. The van der Waals surface area contributed by atoms with Crippen LogP contribution in [0.2, 0.25) is 0 Å². The molecule has 0 saturated carbocycles. The molecule has 0 radical (unpaired) electrons. The summed E-state index contributed by atoms with van der Waals surface area (Å²) in [5.74, 6) is 0. The number of halogens is 1. The van der Waals surface area contributed by atoms with Crippen molar-refractivity contribution in [2.45, 2.75) is 0 Å². The number of rotatable bonds is 5. The predicted molar refractivity (Wildman–Crippen MR) is 166 cm³/mol. The fourth-order valence-corrected chi connectivity index (χ4v) is 10.1. The molecule has 0 bridgehead atoms. The van der Waals surface area contributed by atoms with Crippen molar-refractivity contribution in [2.24, 2.45) is 0 Å². The number of nitrogens with zero attached hydrogens (tertiary/aromatic N) is 1. The van der Waals surface area contributed by atoms with Gasteiger partial charge in [0.2, 0.25) is 0 Å². The van der Waals surface area contributed by atoms with E-state index in [2.05, 4.69) is 168 Å². The van der Waals surface area contributed by atoms with Crippen molar-refractivity contribution in [2.75, 3.05) is 0 Å². The summed E-state index contributed by atoms with van der Waals surface area (Å²) in [5.41, 5.74) is 3.64. The van der Waals surface area contributed by atoms with Gasteiger partial charge in [0.25, 0.3) is 0 Å². The van der Waals surface area contributed by atoms with Crippen LogP contribution in [-0.4, -0.2) is 4.57 Å². The highest BCUT2D eigenvalue weighted by Crippen LogP contribution is 2.54. The maximum absolute atomic E-state index is 2.47. The minimum atomic E-state index is -2.16. The highest BCUT2D eigenvalue weighted by Gasteiger charge is 2.47. The van der Waals surface area contributed by atoms with Gasteiger partial charge in [0.1, 0.15) is 28.5 Å². The van der Waals surface area contributed by atoms with Gasteiger partial charge in [-0.15, -0.1) is 0 Å². The van der Waals surface area contributed by atoms with Crippen molar-refractivity contribution in [3.05, 3.63) is 164 Å². The molecule has 1 heterocycles. The van der Waals surface area contributed by atoms with Gasteiger partial charge in [-0.2, -0.15) is 0 Å². The Hall–Kier alpha value is -3.97. The summed E-state index contributed by atoms with van der Waals surface area (Å²) < 4.78 is 2.39. The van der Waals surface area contributed by atoms with E-state index in [9.17, 15) is 0 Å². The Kier molecular flexibility index (Phi) is 6.92. The monoisotopic (exact) mass is 583 g/mol. The molecule has 0 fully saturated rings. The van der Waals surface area contributed by atoms with E-state index in [1.54, 1.807) is 0 Å². The Labute approximate surface area is 240 Å². The van der Waals surface area contributed by atoms with Gasteiger partial charge in [-0.3, -0.25) is 0 Å². The molecule has 0 aliphatic rings. The molecule has 0 saturated heterocycles. The minimum Gasteiger partial charge on any atom is -1.00 e. The largest absolute Gasteiger partial charge is 1.00 e. The fraction of sp³-hybridized carbons (Fsp3) is 0.